The van der Waals surface area contributed by atoms with Crippen LogP contribution in [0.3, 0.4) is 0 Å². The number of nitrogens with zero attached hydrogens (tertiary/aromatic N) is 2. The molecule has 0 fully saturated rings. The van der Waals surface area contributed by atoms with E-state index in [1.165, 1.54) is 0 Å². The van der Waals surface area contributed by atoms with E-state index in [1.807, 2.05) is 29.1 Å². The first-order valence-electron chi connectivity index (χ1n) is 5.88. The number of hydrogen-bond donors (Lipinski definition) is 2. The summed E-state index contributed by atoms with van der Waals surface area (Å²) in [5.74, 6) is 0. The first-order chi connectivity index (χ1) is 8.97. The Labute approximate surface area is 126 Å². The maximum Gasteiger partial charge on any atom is 0.105 e. The molecular formula is C13H15BrN4S. The Morgan fingerprint density at radius 3 is 2.68 bits per heavy atom. The molecule has 19 heavy (non-hydrogen) atoms. The van der Waals surface area contributed by atoms with Gasteiger partial charge in [-0.05, 0) is 48.0 Å². The molecule has 1 aromatic heterocycles. The van der Waals surface area contributed by atoms with E-state index < -0.39 is 0 Å². The number of thiocarbonyl (C=S) groups is 1. The number of benzene rings is 1. The van der Waals surface area contributed by atoms with E-state index in [0.29, 0.717) is 11.0 Å². The van der Waals surface area contributed by atoms with E-state index in [0.717, 1.165) is 21.4 Å². The number of halogens is 1. The molecule has 0 saturated heterocycles. The second-order valence-corrected chi connectivity index (χ2v) is 5.78. The molecule has 2 rings (SSSR count). The summed E-state index contributed by atoms with van der Waals surface area (Å²) in [6.45, 7) is 4.18. The van der Waals surface area contributed by atoms with Crippen molar-refractivity contribution < 1.29 is 0 Å². The average Bonchev–Trinajstić information content (AvgIpc) is 2.77. The van der Waals surface area contributed by atoms with Gasteiger partial charge in [0, 0.05) is 28.0 Å². The van der Waals surface area contributed by atoms with E-state index in [9.17, 15) is 0 Å². The Morgan fingerprint density at radius 1 is 1.42 bits per heavy atom. The Kier molecular flexibility index (Phi) is 4.21. The van der Waals surface area contributed by atoms with Gasteiger partial charge in [0.15, 0.2) is 0 Å². The lowest BCUT2D eigenvalue weighted by molar-refractivity contribution is 0.532. The number of aromatic nitrogens is 2. The summed E-state index contributed by atoms with van der Waals surface area (Å²) < 4.78 is 2.78. The standard InChI is InChI=1S/C13H15BrN4S/c1-8(2)18-7-10(6-16-18)17-9-3-4-11(13(15)19)12(14)5-9/h3-8,17H,1-2H3,(H2,15,19). The third-order valence-corrected chi connectivity index (χ3v) is 3.53. The lowest BCUT2D eigenvalue weighted by atomic mass is 10.2. The predicted molar refractivity (Wildman–Crippen MR) is 85.9 cm³/mol. The van der Waals surface area contributed by atoms with Crippen molar-refractivity contribution in [3.05, 3.63) is 40.6 Å². The first-order valence-corrected chi connectivity index (χ1v) is 7.08. The van der Waals surface area contributed by atoms with Crippen molar-refractivity contribution in [2.45, 2.75) is 19.9 Å². The molecule has 2 aromatic rings. The van der Waals surface area contributed by atoms with Crippen molar-refractivity contribution in [3.63, 3.8) is 0 Å². The molecule has 4 nitrogen and oxygen atoms in total. The molecule has 0 saturated carbocycles. The van der Waals surface area contributed by atoms with Crippen LogP contribution in [0, 0.1) is 0 Å². The van der Waals surface area contributed by atoms with Gasteiger partial charge in [-0.3, -0.25) is 4.68 Å². The Balaban J connectivity index is 2.19. The minimum Gasteiger partial charge on any atom is -0.389 e. The summed E-state index contributed by atoms with van der Waals surface area (Å²) in [7, 11) is 0. The van der Waals surface area contributed by atoms with Crippen molar-refractivity contribution in [3.8, 4) is 0 Å². The van der Waals surface area contributed by atoms with Crippen LogP contribution in [0.15, 0.2) is 35.1 Å². The van der Waals surface area contributed by atoms with Gasteiger partial charge in [0.25, 0.3) is 0 Å². The molecule has 0 amide bonds. The molecule has 0 bridgehead atoms. The lowest BCUT2D eigenvalue weighted by Crippen LogP contribution is -2.10. The van der Waals surface area contributed by atoms with Gasteiger partial charge in [-0.2, -0.15) is 5.10 Å². The minimum absolute atomic E-state index is 0.347. The second-order valence-electron chi connectivity index (χ2n) is 4.49. The monoisotopic (exact) mass is 338 g/mol. The SMILES string of the molecule is CC(C)n1cc(Nc2ccc(C(N)=S)c(Br)c2)cn1. The molecule has 1 heterocycles. The Bertz CT molecular complexity index is 606. The highest BCUT2D eigenvalue weighted by atomic mass is 79.9. The Morgan fingerprint density at radius 2 is 2.16 bits per heavy atom. The highest BCUT2D eigenvalue weighted by Crippen LogP contribution is 2.24. The minimum atomic E-state index is 0.347. The van der Waals surface area contributed by atoms with Gasteiger partial charge in [-0.1, -0.05) is 12.2 Å². The molecule has 0 unspecified atom stereocenters. The normalized spacial score (nSPS) is 10.7. The molecule has 100 valence electrons. The summed E-state index contributed by atoms with van der Waals surface area (Å²) >= 11 is 8.43. The summed E-state index contributed by atoms with van der Waals surface area (Å²) in [5, 5.41) is 7.57. The van der Waals surface area contributed by atoms with Crippen LogP contribution in [0.2, 0.25) is 0 Å². The van der Waals surface area contributed by atoms with E-state index in [1.54, 1.807) is 6.20 Å². The highest BCUT2D eigenvalue weighted by molar-refractivity contribution is 9.10. The van der Waals surface area contributed by atoms with E-state index in [4.69, 9.17) is 18.0 Å². The number of rotatable bonds is 4. The zero-order valence-corrected chi connectivity index (χ0v) is 13.1. The topological polar surface area (TPSA) is 55.9 Å². The van der Waals surface area contributed by atoms with Gasteiger partial charge in [0.1, 0.15) is 4.99 Å². The van der Waals surface area contributed by atoms with Crippen molar-refractivity contribution >= 4 is 44.5 Å². The first kappa shape index (κ1) is 14.0. The maximum atomic E-state index is 5.62. The van der Waals surface area contributed by atoms with Crippen LogP contribution < -0.4 is 11.1 Å². The van der Waals surface area contributed by atoms with Crippen LogP contribution in [-0.4, -0.2) is 14.8 Å². The van der Waals surface area contributed by atoms with E-state index >= 15 is 0 Å². The zero-order chi connectivity index (χ0) is 14.0. The zero-order valence-electron chi connectivity index (χ0n) is 10.7. The number of nitrogens with one attached hydrogen (secondary N) is 1. The van der Waals surface area contributed by atoms with Gasteiger partial charge < -0.3 is 11.1 Å². The third-order valence-electron chi connectivity index (χ3n) is 2.65. The van der Waals surface area contributed by atoms with E-state index in [2.05, 4.69) is 40.2 Å². The van der Waals surface area contributed by atoms with Crippen molar-refractivity contribution in [2.24, 2.45) is 5.73 Å². The Hall–Kier alpha value is -1.40. The van der Waals surface area contributed by atoms with Gasteiger partial charge >= 0.3 is 0 Å². The molecule has 6 heteroatoms. The molecule has 1 aromatic carbocycles. The van der Waals surface area contributed by atoms with Crippen LogP contribution in [0.1, 0.15) is 25.5 Å². The largest absolute Gasteiger partial charge is 0.389 e. The third kappa shape index (κ3) is 3.33. The van der Waals surface area contributed by atoms with Crippen LogP contribution in [0.4, 0.5) is 11.4 Å². The van der Waals surface area contributed by atoms with Crippen molar-refractivity contribution in [2.75, 3.05) is 5.32 Å². The van der Waals surface area contributed by atoms with Crippen LogP contribution in [-0.2, 0) is 0 Å². The molecular weight excluding hydrogens is 324 g/mol. The highest BCUT2D eigenvalue weighted by Gasteiger charge is 2.06. The van der Waals surface area contributed by atoms with Gasteiger partial charge in [-0.25, -0.2) is 0 Å². The van der Waals surface area contributed by atoms with Crippen LogP contribution in [0.25, 0.3) is 0 Å². The number of anilines is 2. The summed E-state index contributed by atoms with van der Waals surface area (Å²) in [5.41, 5.74) is 8.36. The van der Waals surface area contributed by atoms with Crippen molar-refractivity contribution in [1.82, 2.24) is 9.78 Å². The fourth-order valence-corrected chi connectivity index (χ4v) is 2.55. The maximum absolute atomic E-state index is 5.62. The predicted octanol–water partition coefficient (Wildman–Crippen LogP) is 3.60. The fourth-order valence-electron chi connectivity index (χ4n) is 1.64. The quantitative estimate of drug-likeness (QED) is 0.836. The van der Waals surface area contributed by atoms with E-state index in [-0.39, 0.29) is 0 Å². The average molecular weight is 339 g/mol. The van der Waals surface area contributed by atoms with Crippen LogP contribution in [0.5, 0.6) is 0 Å². The molecule has 3 N–H and O–H groups in total. The number of hydrogen-bond acceptors (Lipinski definition) is 3. The van der Waals surface area contributed by atoms with Gasteiger partial charge in [0.05, 0.1) is 11.9 Å². The van der Waals surface area contributed by atoms with Gasteiger partial charge in [0.2, 0.25) is 0 Å². The lowest BCUT2D eigenvalue weighted by Gasteiger charge is -2.07. The summed E-state index contributed by atoms with van der Waals surface area (Å²) in [6.07, 6.45) is 3.77. The van der Waals surface area contributed by atoms with Gasteiger partial charge in [-0.15, -0.1) is 0 Å². The summed E-state index contributed by atoms with van der Waals surface area (Å²) in [6, 6.07) is 6.12. The molecule has 0 radical (unpaired) electrons. The second kappa shape index (κ2) is 5.71. The molecule has 0 atom stereocenters. The molecule has 0 aliphatic rings. The smallest absolute Gasteiger partial charge is 0.105 e. The summed E-state index contributed by atoms with van der Waals surface area (Å²) in [4.78, 5) is 0.381. The van der Waals surface area contributed by atoms with Crippen LogP contribution >= 0.6 is 28.1 Å². The van der Waals surface area contributed by atoms with Crippen molar-refractivity contribution in [1.29, 1.82) is 0 Å². The number of nitrogens with two attached hydrogens (primary N) is 1. The molecule has 0 aliphatic carbocycles. The molecule has 0 aliphatic heterocycles. The molecule has 0 spiro atoms. The fraction of sp³-hybridized carbons (Fsp3) is 0.231.